The van der Waals surface area contributed by atoms with Crippen molar-refractivity contribution in [1.82, 2.24) is 37.2 Å². The number of hydrogen-bond acceptors (Lipinski definition) is 17. The number of hydrogen-bond donors (Lipinski definition) is 13. The summed E-state index contributed by atoms with van der Waals surface area (Å²) in [5, 5.41) is 20.1. The zero-order valence-corrected chi connectivity index (χ0v) is 70.2. The molecule has 0 fully saturated rings. The molecule has 109 heavy (non-hydrogen) atoms. The molecule has 1 unspecified atom stereocenters. The Morgan fingerprint density at radius 2 is 0.633 bits per heavy atom. The number of carbonyl (C=O) groups is 9. The van der Waals surface area contributed by atoms with Gasteiger partial charge in [-0.3, -0.25) is 38.4 Å². The molecule has 8 amide bonds. The van der Waals surface area contributed by atoms with Crippen LogP contribution in [0.4, 0.5) is 4.79 Å². The second-order valence-electron chi connectivity index (χ2n) is 30.7. The van der Waals surface area contributed by atoms with E-state index in [9.17, 15) is 43.2 Å². The molecule has 0 aliphatic heterocycles. The van der Waals surface area contributed by atoms with Gasteiger partial charge in [-0.25, -0.2) is 4.79 Å². The highest BCUT2D eigenvalue weighted by atomic mass is 32.2. The van der Waals surface area contributed by atoms with Gasteiger partial charge < -0.3 is 81.1 Å². The van der Waals surface area contributed by atoms with Gasteiger partial charge in [0, 0.05) is 37.4 Å². The number of amides is 8. The molecule has 0 aromatic heterocycles. The van der Waals surface area contributed by atoms with Crippen LogP contribution >= 0.6 is 11.8 Å². The summed E-state index contributed by atoms with van der Waals surface area (Å²) in [5.41, 5.74) is 34.9. The van der Waals surface area contributed by atoms with Gasteiger partial charge in [0.15, 0.2) is 0 Å². The number of carbonyl (C=O) groups excluding carboxylic acids is 9. The van der Waals surface area contributed by atoms with Crippen LogP contribution in [0.3, 0.4) is 0 Å². The fraction of sp³-hybridized carbons (Fsp3) is 0.893. The lowest BCUT2D eigenvalue weighted by Gasteiger charge is -2.27. The molecule has 638 valence electrons. The maximum Gasteiger partial charge on any atom is 0.315 e. The van der Waals surface area contributed by atoms with Gasteiger partial charge in [-0.05, 0) is 142 Å². The van der Waals surface area contributed by atoms with E-state index >= 15 is 0 Å². The highest BCUT2D eigenvalue weighted by Gasteiger charge is 2.33. The number of nitrogens with two attached hydrogens (primary N) is 6. The zero-order chi connectivity index (χ0) is 80.3. The number of esters is 2. The van der Waals surface area contributed by atoms with E-state index in [0.29, 0.717) is 116 Å². The highest BCUT2D eigenvalue weighted by Crippen LogP contribution is 2.20. The molecule has 0 aliphatic carbocycles. The molecule has 0 heterocycles. The predicted molar refractivity (Wildman–Crippen MR) is 448 cm³/mol. The monoisotopic (exact) mass is 1560 g/mol. The molecule has 0 saturated heterocycles. The molecule has 0 aromatic rings. The van der Waals surface area contributed by atoms with Gasteiger partial charge in [0.1, 0.15) is 42.9 Å². The lowest BCUT2D eigenvalue weighted by atomic mass is 9.99. The lowest BCUT2D eigenvalue weighted by molar-refractivity contribution is -0.157. The number of rotatable bonds is 81. The Labute approximate surface area is 666 Å². The largest absolute Gasteiger partial charge is 0.462 e. The number of thioether (sulfide) groups is 1. The maximum atomic E-state index is 14.7. The van der Waals surface area contributed by atoms with Crippen LogP contribution in [0.1, 0.15) is 374 Å². The van der Waals surface area contributed by atoms with Crippen LogP contribution < -0.4 is 71.6 Å². The maximum absolute atomic E-state index is 14.7. The molecular weight excluding hydrogens is 1400 g/mol. The molecule has 25 heteroatoms. The van der Waals surface area contributed by atoms with Crippen molar-refractivity contribution < 1.29 is 52.6 Å². The Balaban J connectivity index is 6.75. The predicted octanol–water partition coefficient (Wildman–Crippen LogP) is 13.3. The molecule has 0 saturated carbocycles. The number of urea groups is 1. The van der Waals surface area contributed by atoms with Gasteiger partial charge in [-0.1, -0.05) is 252 Å². The molecule has 0 bridgehead atoms. The fourth-order valence-electron chi connectivity index (χ4n) is 13.4. The topological polar surface area (TPSA) is 412 Å². The summed E-state index contributed by atoms with van der Waals surface area (Å²) in [6, 6.07) is -6.09. The van der Waals surface area contributed by atoms with Crippen LogP contribution in [0.25, 0.3) is 0 Å². The minimum atomic E-state index is -1.16. The summed E-state index contributed by atoms with van der Waals surface area (Å²) in [5.74, 6) is -5.18. The number of primary amides is 1. The quantitative estimate of drug-likeness (QED) is 0.0199. The van der Waals surface area contributed by atoms with Gasteiger partial charge in [-0.15, -0.1) is 0 Å². The average molecular weight is 1570 g/mol. The Bertz CT molecular complexity index is 2250. The SMILES string of the molecule is CCCCCCCCCCCCCCCC(=O)OCC(CSC[C@H](NC(=O)NCCCCCCCCCCCCCC)C(=O)NC[C@H](CCCCN)C(=O)N[C@@H](CCCCN)C(=O)N[C@@H](CCCCN)C(=O)N[C@@H](CCCCN)C(=O)N[C@@H](CCCCN)C(N)=O)OC(=O)CCCCCCCCCCCCCCC. The normalized spacial score (nSPS) is 13.3. The molecular formula is C84H165N13O11S. The van der Waals surface area contributed by atoms with Crippen molar-refractivity contribution in [3.63, 3.8) is 0 Å². The van der Waals surface area contributed by atoms with Crippen molar-refractivity contribution in [3.05, 3.63) is 0 Å². The summed E-state index contributed by atoms with van der Waals surface area (Å²) in [7, 11) is 0. The van der Waals surface area contributed by atoms with E-state index in [4.69, 9.17) is 43.9 Å². The second kappa shape index (κ2) is 77.1. The van der Waals surface area contributed by atoms with Crippen molar-refractivity contribution in [1.29, 1.82) is 0 Å². The van der Waals surface area contributed by atoms with E-state index in [0.717, 1.165) is 64.2 Å². The molecule has 7 atom stereocenters. The van der Waals surface area contributed by atoms with E-state index in [1.54, 1.807) is 0 Å². The zero-order valence-electron chi connectivity index (χ0n) is 69.4. The van der Waals surface area contributed by atoms with Crippen molar-refractivity contribution in [2.75, 3.05) is 63.9 Å². The molecule has 0 radical (unpaired) electrons. The first-order valence-corrected chi connectivity index (χ1v) is 45.5. The summed E-state index contributed by atoms with van der Waals surface area (Å²) in [6.45, 7) is 8.52. The van der Waals surface area contributed by atoms with Gasteiger partial charge in [0.25, 0.3) is 0 Å². The highest BCUT2D eigenvalue weighted by molar-refractivity contribution is 7.99. The third kappa shape index (κ3) is 63.3. The molecule has 0 aromatic carbocycles. The summed E-state index contributed by atoms with van der Waals surface area (Å²) >= 11 is 1.27. The Kier molecular flexibility index (Phi) is 73.7. The van der Waals surface area contributed by atoms with Crippen molar-refractivity contribution in [2.24, 2.45) is 40.3 Å². The number of unbranched alkanes of at least 4 members (excludes halogenated alkanes) is 40. The Morgan fingerprint density at radius 3 is 1.00 bits per heavy atom. The number of nitrogens with one attached hydrogen (secondary N) is 7. The first-order chi connectivity index (χ1) is 53.0. The smallest absolute Gasteiger partial charge is 0.315 e. The summed E-state index contributed by atoms with van der Waals surface area (Å²) < 4.78 is 11.9. The first kappa shape index (κ1) is 104. The van der Waals surface area contributed by atoms with Crippen molar-refractivity contribution >= 4 is 65.2 Å². The van der Waals surface area contributed by atoms with Crippen LogP contribution in [0.5, 0.6) is 0 Å². The lowest BCUT2D eigenvalue weighted by Crippen LogP contribution is -2.58. The van der Waals surface area contributed by atoms with E-state index in [-0.39, 0.29) is 81.5 Å². The second-order valence-corrected chi connectivity index (χ2v) is 31.7. The average Bonchev–Trinajstić information content (AvgIpc) is 0.867. The van der Waals surface area contributed by atoms with E-state index in [1.807, 2.05) is 0 Å². The van der Waals surface area contributed by atoms with E-state index in [1.165, 1.54) is 179 Å². The molecule has 24 nitrogen and oxygen atoms in total. The van der Waals surface area contributed by atoms with Crippen LogP contribution in [0.2, 0.25) is 0 Å². The van der Waals surface area contributed by atoms with Crippen LogP contribution in [0, 0.1) is 5.92 Å². The van der Waals surface area contributed by atoms with E-state index in [2.05, 4.69) is 58.0 Å². The van der Waals surface area contributed by atoms with Crippen molar-refractivity contribution in [3.8, 4) is 0 Å². The molecule has 0 aliphatic rings. The minimum absolute atomic E-state index is 0.0351. The van der Waals surface area contributed by atoms with Gasteiger partial charge in [0.2, 0.25) is 35.4 Å². The third-order valence-corrected chi connectivity index (χ3v) is 21.6. The standard InChI is InChI=1S/C84H165N13O11S/c1-4-7-10-13-16-19-22-25-27-30-33-36-39-57-76(98)107-66-70(108-77(99)58-40-37-34-31-28-26-23-20-17-14-11-8-5-2)67-109-68-75(97-84(106)91-64-51-38-35-32-29-24-21-18-15-12-9-6-3)80(102)92-65-69(52-41-46-59-85)79(101)94-72(54-43-48-61-87)82(104)96-74(56-45-50-63-89)83(105)95-73(55-44-49-62-88)81(103)93-71(78(90)100)53-42-47-60-86/h69-75H,4-68,85-89H2,1-3H3,(H2,90,100)(H,92,102)(H,93,103)(H,94,101)(H,95,105)(H,96,104)(H2,91,97,106)/t69-,70?,71-,72-,73-,74-,75-/m0/s1. The minimum Gasteiger partial charge on any atom is -0.462 e. The Morgan fingerprint density at radius 1 is 0.312 bits per heavy atom. The number of ether oxygens (including phenoxy) is 2. The van der Waals surface area contributed by atoms with Crippen molar-refractivity contribution in [2.45, 2.75) is 410 Å². The fourth-order valence-corrected chi connectivity index (χ4v) is 14.5. The first-order valence-electron chi connectivity index (χ1n) is 44.3. The summed E-state index contributed by atoms with van der Waals surface area (Å²) in [4.78, 5) is 125. The van der Waals surface area contributed by atoms with Crippen LogP contribution in [-0.4, -0.2) is 154 Å². The van der Waals surface area contributed by atoms with Crippen LogP contribution in [0.15, 0.2) is 0 Å². The summed E-state index contributed by atoms with van der Waals surface area (Å²) in [6.07, 6.45) is 50.6. The van der Waals surface area contributed by atoms with E-state index < -0.39 is 83.7 Å². The van der Waals surface area contributed by atoms with Gasteiger partial charge >= 0.3 is 18.0 Å². The molecule has 0 rings (SSSR count). The molecule has 0 spiro atoms. The van der Waals surface area contributed by atoms with Gasteiger partial charge in [0.05, 0.1) is 5.92 Å². The third-order valence-electron chi connectivity index (χ3n) is 20.5. The van der Waals surface area contributed by atoms with Gasteiger partial charge in [-0.2, -0.15) is 11.8 Å². The Hall–Kier alpha value is -4.82. The van der Waals surface area contributed by atoms with Crippen LogP contribution in [-0.2, 0) is 47.8 Å². The molecule has 19 N–H and O–H groups in total.